The molecule has 3 heterocycles. The summed E-state index contributed by atoms with van der Waals surface area (Å²) in [6.45, 7) is 1.42. The van der Waals surface area contributed by atoms with E-state index in [1.807, 2.05) is 33.8 Å². The van der Waals surface area contributed by atoms with E-state index in [0.717, 1.165) is 36.5 Å². The molecule has 27 heavy (non-hydrogen) atoms. The van der Waals surface area contributed by atoms with E-state index in [4.69, 9.17) is 0 Å². The number of piperidine rings is 1. The van der Waals surface area contributed by atoms with Gasteiger partial charge in [0.15, 0.2) is 0 Å². The molecule has 0 bridgehead atoms. The highest BCUT2D eigenvalue weighted by molar-refractivity contribution is 7.99. The van der Waals surface area contributed by atoms with Crippen LogP contribution in [0.25, 0.3) is 0 Å². The van der Waals surface area contributed by atoms with Crippen molar-refractivity contribution >= 4 is 29.4 Å². The summed E-state index contributed by atoms with van der Waals surface area (Å²) in [5, 5.41) is 8.27. The molecular weight excluding hydrogens is 362 g/mol. The lowest BCUT2D eigenvalue weighted by molar-refractivity contribution is -0.129. The molecule has 2 aliphatic rings. The van der Waals surface area contributed by atoms with Crippen LogP contribution in [0.3, 0.4) is 0 Å². The predicted octanol–water partition coefficient (Wildman–Crippen LogP) is 2.58. The maximum absolute atomic E-state index is 12.5. The summed E-state index contributed by atoms with van der Waals surface area (Å²) in [4.78, 5) is 30.6. The molecule has 8 heteroatoms. The molecule has 2 amide bonds. The van der Waals surface area contributed by atoms with E-state index in [2.05, 4.69) is 15.4 Å². The second-order valence-corrected chi connectivity index (χ2v) is 7.99. The number of nitrogens with one attached hydrogen (secondary N) is 1. The highest BCUT2D eigenvalue weighted by Crippen LogP contribution is 2.31. The van der Waals surface area contributed by atoms with Gasteiger partial charge in [-0.1, -0.05) is 17.8 Å². The number of thioether (sulfide) groups is 1. The maximum Gasteiger partial charge on any atom is 0.232 e. The summed E-state index contributed by atoms with van der Waals surface area (Å²) in [6, 6.07) is 7.77. The fraction of sp³-hybridized carbons (Fsp3) is 0.474. The lowest BCUT2D eigenvalue weighted by atomic mass is 10.1. The second kappa shape index (κ2) is 8.12. The molecule has 2 aromatic rings. The molecule has 0 spiro atoms. The molecule has 1 aliphatic carbocycles. The number of carbonyl (C=O) groups excluding carboxylic acids is 2. The van der Waals surface area contributed by atoms with Gasteiger partial charge in [0.1, 0.15) is 5.82 Å². The number of anilines is 1. The minimum Gasteiger partial charge on any atom is -0.342 e. The number of nitrogens with zero attached hydrogens (tertiary/aromatic N) is 4. The van der Waals surface area contributed by atoms with Crippen LogP contribution in [0, 0.1) is 5.92 Å². The molecule has 0 radical (unpaired) electrons. The number of pyridine rings is 1. The first-order chi connectivity index (χ1) is 13.2. The van der Waals surface area contributed by atoms with Crippen LogP contribution in [-0.2, 0) is 9.59 Å². The van der Waals surface area contributed by atoms with Gasteiger partial charge < -0.3 is 10.2 Å². The predicted molar refractivity (Wildman–Crippen MR) is 103 cm³/mol. The van der Waals surface area contributed by atoms with Gasteiger partial charge in [-0.15, -0.1) is 0 Å². The van der Waals surface area contributed by atoms with E-state index in [1.165, 1.54) is 11.8 Å². The largest absolute Gasteiger partial charge is 0.342 e. The van der Waals surface area contributed by atoms with Crippen molar-refractivity contribution in [2.45, 2.75) is 36.8 Å². The molecule has 1 saturated carbocycles. The smallest absolute Gasteiger partial charge is 0.232 e. The Morgan fingerprint density at radius 2 is 1.93 bits per heavy atom. The Morgan fingerprint density at radius 3 is 2.63 bits per heavy atom. The number of amides is 2. The van der Waals surface area contributed by atoms with Gasteiger partial charge in [0, 0.05) is 31.3 Å². The van der Waals surface area contributed by atoms with Crippen molar-refractivity contribution in [3.05, 3.63) is 36.7 Å². The molecular formula is C19H23N5O2S. The van der Waals surface area contributed by atoms with Gasteiger partial charge >= 0.3 is 0 Å². The zero-order chi connectivity index (χ0) is 18.6. The van der Waals surface area contributed by atoms with Crippen molar-refractivity contribution in [3.63, 3.8) is 0 Å². The topological polar surface area (TPSA) is 80.1 Å². The molecule has 1 aliphatic heterocycles. The number of carbonyl (C=O) groups is 2. The van der Waals surface area contributed by atoms with Crippen LogP contribution >= 0.6 is 11.8 Å². The van der Waals surface area contributed by atoms with Crippen molar-refractivity contribution < 1.29 is 9.59 Å². The van der Waals surface area contributed by atoms with Crippen LogP contribution in [0.5, 0.6) is 0 Å². The third kappa shape index (κ3) is 4.50. The van der Waals surface area contributed by atoms with E-state index < -0.39 is 0 Å². The maximum atomic E-state index is 12.5. The number of hydrogen-bond donors (Lipinski definition) is 1. The van der Waals surface area contributed by atoms with E-state index in [9.17, 15) is 9.59 Å². The van der Waals surface area contributed by atoms with Gasteiger partial charge in [-0.2, -0.15) is 5.10 Å². The average molecular weight is 385 g/mol. The standard InChI is InChI=1S/C19H23N5O2S/c25-18(13-27-17-3-1-2-9-20-17)23-11-7-15(8-12-23)24-16(6-10-21-24)22-19(26)14-4-5-14/h1-3,6,9-10,14-15H,4-5,7-8,11-13H2,(H,22,26). The van der Waals surface area contributed by atoms with Gasteiger partial charge in [-0.25, -0.2) is 9.67 Å². The second-order valence-electron chi connectivity index (χ2n) is 6.99. The fourth-order valence-corrected chi connectivity index (χ4v) is 4.06. The Bertz CT molecular complexity index is 797. The molecule has 142 valence electrons. The zero-order valence-electron chi connectivity index (χ0n) is 15.1. The Balaban J connectivity index is 1.28. The summed E-state index contributed by atoms with van der Waals surface area (Å²) in [6.07, 6.45) is 7.11. The Labute approximate surface area is 162 Å². The fourth-order valence-electron chi connectivity index (χ4n) is 3.30. The lowest BCUT2D eigenvalue weighted by Gasteiger charge is -2.32. The summed E-state index contributed by atoms with van der Waals surface area (Å²) in [5.74, 6) is 1.58. The SMILES string of the molecule is O=C(Nc1ccnn1C1CCN(C(=O)CSc2ccccn2)CC1)C1CC1. The molecule has 1 saturated heterocycles. The van der Waals surface area contributed by atoms with Gasteiger partial charge in [0.2, 0.25) is 11.8 Å². The van der Waals surface area contributed by atoms with Crippen molar-refractivity contribution in [1.29, 1.82) is 0 Å². The number of likely N-dealkylation sites (tertiary alicyclic amines) is 1. The zero-order valence-corrected chi connectivity index (χ0v) is 15.9. The highest BCUT2D eigenvalue weighted by atomic mass is 32.2. The Hall–Kier alpha value is -2.35. The molecule has 2 aromatic heterocycles. The third-order valence-corrected chi connectivity index (χ3v) is 5.94. The highest BCUT2D eigenvalue weighted by Gasteiger charge is 2.31. The van der Waals surface area contributed by atoms with E-state index >= 15 is 0 Å². The first-order valence-electron chi connectivity index (χ1n) is 9.36. The van der Waals surface area contributed by atoms with Gasteiger partial charge in [0.05, 0.1) is 23.0 Å². The number of aromatic nitrogens is 3. The van der Waals surface area contributed by atoms with Crippen LogP contribution in [-0.4, -0.2) is 50.3 Å². The Kier molecular flexibility index (Phi) is 5.42. The van der Waals surface area contributed by atoms with E-state index in [-0.39, 0.29) is 23.8 Å². The van der Waals surface area contributed by atoms with E-state index in [0.29, 0.717) is 18.8 Å². The molecule has 4 rings (SSSR count). The van der Waals surface area contributed by atoms with Crippen LogP contribution in [0.15, 0.2) is 41.7 Å². The van der Waals surface area contributed by atoms with Crippen LogP contribution in [0.2, 0.25) is 0 Å². The summed E-state index contributed by atoms with van der Waals surface area (Å²) in [5.41, 5.74) is 0. The summed E-state index contributed by atoms with van der Waals surface area (Å²) in [7, 11) is 0. The minimum absolute atomic E-state index is 0.0934. The van der Waals surface area contributed by atoms with Crippen LogP contribution < -0.4 is 5.32 Å². The summed E-state index contributed by atoms with van der Waals surface area (Å²) < 4.78 is 1.91. The molecule has 0 atom stereocenters. The van der Waals surface area contributed by atoms with Crippen LogP contribution in [0.4, 0.5) is 5.82 Å². The van der Waals surface area contributed by atoms with Gasteiger partial charge in [-0.05, 0) is 37.8 Å². The first-order valence-corrected chi connectivity index (χ1v) is 10.4. The molecule has 7 nitrogen and oxygen atoms in total. The average Bonchev–Trinajstić information content (AvgIpc) is 3.47. The molecule has 2 fully saturated rings. The minimum atomic E-state index is 0.0934. The normalized spacial score (nSPS) is 17.7. The first kappa shape index (κ1) is 18.0. The molecule has 0 unspecified atom stereocenters. The quantitative estimate of drug-likeness (QED) is 0.773. The van der Waals surface area contributed by atoms with Gasteiger partial charge in [-0.3, -0.25) is 9.59 Å². The van der Waals surface area contributed by atoms with Crippen molar-refractivity contribution in [2.24, 2.45) is 5.92 Å². The van der Waals surface area contributed by atoms with Crippen molar-refractivity contribution in [2.75, 3.05) is 24.2 Å². The third-order valence-electron chi connectivity index (χ3n) is 5.01. The number of hydrogen-bond acceptors (Lipinski definition) is 5. The Morgan fingerprint density at radius 1 is 1.11 bits per heavy atom. The number of rotatable bonds is 6. The molecule has 0 aromatic carbocycles. The summed E-state index contributed by atoms with van der Waals surface area (Å²) >= 11 is 1.47. The van der Waals surface area contributed by atoms with Crippen LogP contribution in [0.1, 0.15) is 31.7 Å². The monoisotopic (exact) mass is 385 g/mol. The van der Waals surface area contributed by atoms with E-state index in [1.54, 1.807) is 12.4 Å². The van der Waals surface area contributed by atoms with Crippen molar-refractivity contribution in [1.82, 2.24) is 19.7 Å². The van der Waals surface area contributed by atoms with Gasteiger partial charge in [0.25, 0.3) is 0 Å². The lowest BCUT2D eigenvalue weighted by Crippen LogP contribution is -2.40. The van der Waals surface area contributed by atoms with Crippen molar-refractivity contribution in [3.8, 4) is 0 Å². The molecule has 1 N–H and O–H groups in total.